The summed E-state index contributed by atoms with van der Waals surface area (Å²) >= 11 is 0. The first-order chi connectivity index (χ1) is 9.76. The van der Waals surface area contributed by atoms with E-state index in [-0.39, 0.29) is 0 Å². The van der Waals surface area contributed by atoms with Crippen LogP contribution >= 0.6 is 0 Å². The zero-order valence-corrected chi connectivity index (χ0v) is 11.3. The summed E-state index contributed by atoms with van der Waals surface area (Å²) in [5.41, 5.74) is 8.79. The molecule has 0 spiro atoms. The van der Waals surface area contributed by atoms with Gasteiger partial charge in [0, 0.05) is 36.8 Å². The number of ether oxygens (including phenoxy) is 1. The number of methoxy groups -OCH3 is 1. The van der Waals surface area contributed by atoms with Gasteiger partial charge in [0.05, 0.1) is 12.8 Å². The van der Waals surface area contributed by atoms with Gasteiger partial charge in [0.15, 0.2) is 0 Å². The van der Waals surface area contributed by atoms with Crippen molar-refractivity contribution in [2.24, 2.45) is 0 Å². The van der Waals surface area contributed by atoms with Crippen LogP contribution in [0.5, 0.6) is 5.75 Å². The van der Waals surface area contributed by atoms with Gasteiger partial charge in [-0.25, -0.2) is 4.98 Å². The van der Waals surface area contributed by atoms with Crippen molar-refractivity contribution in [1.29, 1.82) is 0 Å². The molecule has 1 aromatic heterocycles. The number of nitrogens with one attached hydrogen (secondary N) is 2. The molecule has 0 atom stereocenters. The topological polar surface area (TPSA) is 85.1 Å². The van der Waals surface area contributed by atoms with E-state index < -0.39 is 0 Å². The van der Waals surface area contributed by atoms with Crippen LogP contribution in [0.15, 0.2) is 24.3 Å². The van der Waals surface area contributed by atoms with Crippen LogP contribution in [0.2, 0.25) is 0 Å². The molecule has 0 saturated heterocycles. The minimum atomic E-state index is 0.302. The third-order valence-electron chi connectivity index (χ3n) is 3.28. The van der Waals surface area contributed by atoms with Crippen molar-refractivity contribution in [3.8, 4) is 5.75 Å². The van der Waals surface area contributed by atoms with Crippen LogP contribution in [0.4, 0.5) is 17.5 Å². The number of fused-ring (bicyclic) bond motifs is 1. The lowest BCUT2D eigenvalue weighted by atomic mass is 10.1. The standard InChI is InChI=1S/C14H17N5O/c1-20-10-4-2-3-9(7-10)17-13-11-8-16-6-5-12(11)18-14(15)19-13/h2-4,7,16H,5-6,8H2,1H3,(H3,15,17,18,19). The molecule has 20 heavy (non-hydrogen) atoms. The van der Waals surface area contributed by atoms with Gasteiger partial charge in [0.2, 0.25) is 5.95 Å². The molecule has 0 bridgehead atoms. The Morgan fingerprint density at radius 3 is 3.10 bits per heavy atom. The van der Waals surface area contributed by atoms with Gasteiger partial charge in [-0.05, 0) is 12.1 Å². The Labute approximate surface area is 117 Å². The number of anilines is 3. The van der Waals surface area contributed by atoms with Crippen LogP contribution in [0.1, 0.15) is 11.3 Å². The molecule has 0 saturated carbocycles. The molecule has 0 aliphatic carbocycles. The summed E-state index contributed by atoms with van der Waals surface area (Å²) in [5.74, 6) is 1.85. The van der Waals surface area contributed by atoms with Crippen molar-refractivity contribution in [2.45, 2.75) is 13.0 Å². The van der Waals surface area contributed by atoms with Crippen LogP contribution in [0, 0.1) is 0 Å². The minimum absolute atomic E-state index is 0.302. The first-order valence-corrected chi connectivity index (χ1v) is 6.53. The van der Waals surface area contributed by atoms with E-state index >= 15 is 0 Å². The van der Waals surface area contributed by atoms with Gasteiger partial charge in [-0.2, -0.15) is 4.98 Å². The Bertz CT molecular complexity index is 629. The summed E-state index contributed by atoms with van der Waals surface area (Å²) in [6.07, 6.45) is 0.870. The van der Waals surface area contributed by atoms with Gasteiger partial charge in [0.1, 0.15) is 11.6 Å². The maximum Gasteiger partial charge on any atom is 0.222 e. The van der Waals surface area contributed by atoms with Gasteiger partial charge >= 0.3 is 0 Å². The second-order valence-corrected chi connectivity index (χ2v) is 4.64. The highest BCUT2D eigenvalue weighted by Gasteiger charge is 2.16. The van der Waals surface area contributed by atoms with Gasteiger partial charge in [-0.3, -0.25) is 0 Å². The summed E-state index contributed by atoms with van der Waals surface area (Å²) in [6.45, 7) is 1.67. The maximum absolute atomic E-state index is 5.79. The molecule has 1 aliphatic rings. The molecule has 4 N–H and O–H groups in total. The summed E-state index contributed by atoms with van der Waals surface area (Å²) in [4.78, 5) is 8.62. The lowest BCUT2D eigenvalue weighted by Gasteiger charge is -2.20. The van der Waals surface area contributed by atoms with Crippen molar-refractivity contribution in [1.82, 2.24) is 15.3 Å². The SMILES string of the molecule is COc1cccc(Nc2nc(N)nc3c2CNCC3)c1. The van der Waals surface area contributed by atoms with E-state index in [1.165, 1.54) is 0 Å². The molecule has 1 aliphatic heterocycles. The van der Waals surface area contributed by atoms with Gasteiger partial charge in [-0.1, -0.05) is 6.07 Å². The Balaban J connectivity index is 1.95. The number of nitrogens with two attached hydrogens (primary N) is 1. The predicted molar refractivity (Wildman–Crippen MR) is 78.1 cm³/mol. The molecule has 2 heterocycles. The molecule has 3 rings (SSSR count). The first-order valence-electron chi connectivity index (χ1n) is 6.53. The van der Waals surface area contributed by atoms with E-state index in [1.54, 1.807) is 7.11 Å². The molecule has 0 fully saturated rings. The molecule has 2 aromatic rings. The molecule has 6 heteroatoms. The third-order valence-corrected chi connectivity index (χ3v) is 3.28. The Morgan fingerprint density at radius 1 is 1.35 bits per heavy atom. The van der Waals surface area contributed by atoms with Crippen LogP contribution < -0.4 is 21.1 Å². The largest absolute Gasteiger partial charge is 0.497 e. The van der Waals surface area contributed by atoms with Gasteiger partial charge < -0.3 is 21.1 Å². The first kappa shape index (κ1) is 12.7. The summed E-state index contributed by atoms with van der Waals surface area (Å²) < 4.78 is 5.22. The second kappa shape index (κ2) is 5.34. The molecule has 1 aromatic carbocycles. The van der Waals surface area contributed by atoms with Crippen molar-refractivity contribution < 1.29 is 4.74 Å². The van der Waals surface area contributed by atoms with E-state index in [9.17, 15) is 0 Å². The minimum Gasteiger partial charge on any atom is -0.497 e. The van der Waals surface area contributed by atoms with Crippen molar-refractivity contribution >= 4 is 17.5 Å². The number of nitrogens with zero attached hydrogens (tertiary/aromatic N) is 2. The monoisotopic (exact) mass is 271 g/mol. The number of hydrogen-bond acceptors (Lipinski definition) is 6. The van der Waals surface area contributed by atoms with E-state index in [4.69, 9.17) is 10.5 Å². The van der Waals surface area contributed by atoms with Crippen LogP contribution in [0.25, 0.3) is 0 Å². The molecule has 0 unspecified atom stereocenters. The van der Waals surface area contributed by atoms with E-state index in [1.807, 2.05) is 24.3 Å². The lowest BCUT2D eigenvalue weighted by molar-refractivity contribution is 0.415. The average molecular weight is 271 g/mol. The third kappa shape index (κ3) is 2.50. The molecule has 104 valence electrons. The highest BCUT2D eigenvalue weighted by Crippen LogP contribution is 2.26. The fraction of sp³-hybridized carbons (Fsp3) is 0.286. The fourth-order valence-electron chi connectivity index (χ4n) is 2.30. The van der Waals surface area contributed by atoms with Crippen molar-refractivity contribution in [3.63, 3.8) is 0 Å². The number of nitrogen functional groups attached to an aromatic ring is 1. The average Bonchev–Trinajstić information content (AvgIpc) is 2.47. The summed E-state index contributed by atoms with van der Waals surface area (Å²) in [5, 5.41) is 6.62. The maximum atomic E-state index is 5.79. The Hall–Kier alpha value is -2.34. The lowest BCUT2D eigenvalue weighted by Crippen LogP contribution is -2.26. The summed E-state index contributed by atoms with van der Waals surface area (Å²) in [7, 11) is 1.65. The molecule has 0 radical (unpaired) electrons. The number of rotatable bonds is 3. The Kier molecular flexibility index (Phi) is 3.39. The normalized spacial score (nSPS) is 13.7. The zero-order valence-electron chi connectivity index (χ0n) is 11.3. The quantitative estimate of drug-likeness (QED) is 0.783. The second-order valence-electron chi connectivity index (χ2n) is 4.64. The zero-order chi connectivity index (χ0) is 13.9. The Morgan fingerprint density at radius 2 is 2.25 bits per heavy atom. The van der Waals surface area contributed by atoms with E-state index in [0.29, 0.717) is 5.95 Å². The fourth-order valence-corrected chi connectivity index (χ4v) is 2.30. The molecule has 0 amide bonds. The van der Waals surface area contributed by atoms with E-state index in [2.05, 4.69) is 20.6 Å². The molecule has 6 nitrogen and oxygen atoms in total. The highest BCUT2D eigenvalue weighted by atomic mass is 16.5. The predicted octanol–water partition coefficient (Wildman–Crippen LogP) is 1.46. The van der Waals surface area contributed by atoms with Crippen LogP contribution in [0.3, 0.4) is 0 Å². The number of aromatic nitrogens is 2. The van der Waals surface area contributed by atoms with Gasteiger partial charge in [-0.15, -0.1) is 0 Å². The highest BCUT2D eigenvalue weighted by molar-refractivity contribution is 5.63. The number of benzene rings is 1. The molecular weight excluding hydrogens is 254 g/mol. The van der Waals surface area contributed by atoms with Crippen molar-refractivity contribution in [3.05, 3.63) is 35.5 Å². The number of hydrogen-bond donors (Lipinski definition) is 3. The summed E-state index contributed by atoms with van der Waals surface area (Å²) in [6, 6.07) is 7.71. The van der Waals surface area contributed by atoms with Crippen molar-refractivity contribution in [2.75, 3.05) is 24.7 Å². The van der Waals surface area contributed by atoms with E-state index in [0.717, 1.165) is 48.0 Å². The van der Waals surface area contributed by atoms with Gasteiger partial charge in [0.25, 0.3) is 0 Å². The van der Waals surface area contributed by atoms with Crippen LogP contribution in [-0.2, 0) is 13.0 Å². The van der Waals surface area contributed by atoms with Crippen LogP contribution in [-0.4, -0.2) is 23.6 Å². The smallest absolute Gasteiger partial charge is 0.222 e. The molecular formula is C14H17N5O.